The van der Waals surface area contributed by atoms with Crippen LogP contribution >= 0.6 is 0 Å². The highest BCUT2D eigenvalue weighted by Gasteiger charge is 2.39. The van der Waals surface area contributed by atoms with Crippen molar-refractivity contribution in [2.75, 3.05) is 6.54 Å². The van der Waals surface area contributed by atoms with Crippen molar-refractivity contribution in [1.82, 2.24) is 10.2 Å². The summed E-state index contributed by atoms with van der Waals surface area (Å²) < 4.78 is 0. The Bertz CT molecular complexity index is 301. The normalized spacial score (nSPS) is 30.7. The molecule has 4 heteroatoms. The summed E-state index contributed by atoms with van der Waals surface area (Å²) in [5, 5.41) is 3.12. The van der Waals surface area contributed by atoms with E-state index >= 15 is 0 Å². The van der Waals surface area contributed by atoms with Crippen molar-refractivity contribution in [3.8, 4) is 0 Å². The average molecular weight is 253 g/mol. The van der Waals surface area contributed by atoms with Gasteiger partial charge in [0.25, 0.3) is 0 Å². The topological polar surface area (TPSA) is 58.4 Å². The van der Waals surface area contributed by atoms with Crippen LogP contribution in [0.1, 0.15) is 46.5 Å². The molecule has 1 amide bonds. The SMILES string of the molecule is CC(C)C[C@H](N)C(=O)NC1CC(C)N(C2CC2)C1. The smallest absolute Gasteiger partial charge is 0.237 e. The number of nitrogens with zero attached hydrogens (tertiary/aromatic N) is 1. The third-order valence-corrected chi connectivity index (χ3v) is 4.05. The predicted molar refractivity (Wildman–Crippen MR) is 73.2 cm³/mol. The summed E-state index contributed by atoms with van der Waals surface area (Å²) >= 11 is 0. The zero-order valence-electron chi connectivity index (χ0n) is 11.9. The van der Waals surface area contributed by atoms with Gasteiger partial charge in [-0.1, -0.05) is 13.8 Å². The lowest BCUT2D eigenvalue weighted by Crippen LogP contribution is -2.46. The van der Waals surface area contributed by atoms with E-state index in [4.69, 9.17) is 5.73 Å². The monoisotopic (exact) mass is 253 g/mol. The van der Waals surface area contributed by atoms with Gasteiger partial charge in [0.05, 0.1) is 6.04 Å². The van der Waals surface area contributed by atoms with Crippen molar-refractivity contribution in [2.24, 2.45) is 11.7 Å². The van der Waals surface area contributed by atoms with E-state index in [1.54, 1.807) is 0 Å². The Labute approximate surface area is 110 Å². The Morgan fingerprint density at radius 3 is 2.67 bits per heavy atom. The summed E-state index contributed by atoms with van der Waals surface area (Å²) in [6.07, 6.45) is 4.49. The molecule has 18 heavy (non-hydrogen) atoms. The quantitative estimate of drug-likeness (QED) is 0.771. The van der Waals surface area contributed by atoms with E-state index in [-0.39, 0.29) is 11.9 Å². The number of hydrogen-bond acceptors (Lipinski definition) is 3. The number of hydrogen-bond donors (Lipinski definition) is 2. The highest BCUT2D eigenvalue weighted by atomic mass is 16.2. The summed E-state index contributed by atoms with van der Waals surface area (Å²) in [5.41, 5.74) is 5.91. The van der Waals surface area contributed by atoms with Crippen LogP contribution in [0.25, 0.3) is 0 Å². The lowest BCUT2D eigenvalue weighted by molar-refractivity contribution is -0.123. The molecular formula is C14H27N3O. The van der Waals surface area contributed by atoms with E-state index < -0.39 is 0 Å². The van der Waals surface area contributed by atoms with E-state index in [9.17, 15) is 4.79 Å². The van der Waals surface area contributed by atoms with Crippen molar-refractivity contribution in [3.05, 3.63) is 0 Å². The molecule has 0 radical (unpaired) electrons. The maximum atomic E-state index is 12.0. The zero-order chi connectivity index (χ0) is 13.3. The molecule has 2 fully saturated rings. The standard InChI is InChI=1S/C14H27N3O/c1-9(2)6-13(15)14(18)16-11-7-10(3)17(8-11)12-4-5-12/h9-13H,4-8,15H2,1-3H3,(H,16,18)/t10?,11?,13-/m0/s1. The number of carbonyl (C=O) groups is 1. The minimum Gasteiger partial charge on any atom is -0.351 e. The van der Waals surface area contributed by atoms with Gasteiger partial charge in [-0.25, -0.2) is 0 Å². The molecule has 0 spiro atoms. The van der Waals surface area contributed by atoms with Crippen LogP contribution in [0.2, 0.25) is 0 Å². The summed E-state index contributed by atoms with van der Waals surface area (Å²) in [5.74, 6) is 0.495. The molecule has 2 unspecified atom stereocenters. The van der Waals surface area contributed by atoms with Gasteiger partial charge in [0, 0.05) is 24.7 Å². The van der Waals surface area contributed by atoms with E-state index in [2.05, 4.69) is 31.0 Å². The highest BCUT2D eigenvalue weighted by Crippen LogP contribution is 2.33. The number of amides is 1. The van der Waals surface area contributed by atoms with Crippen molar-refractivity contribution in [1.29, 1.82) is 0 Å². The van der Waals surface area contributed by atoms with Crippen LogP contribution in [-0.2, 0) is 4.79 Å². The zero-order valence-corrected chi connectivity index (χ0v) is 11.9. The second-order valence-corrected chi connectivity index (χ2v) is 6.45. The number of nitrogens with one attached hydrogen (secondary N) is 1. The van der Waals surface area contributed by atoms with Gasteiger partial charge in [-0.05, 0) is 38.5 Å². The fraction of sp³-hybridized carbons (Fsp3) is 0.929. The summed E-state index contributed by atoms with van der Waals surface area (Å²) in [7, 11) is 0. The van der Waals surface area contributed by atoms with E-state index in [1.807, 2.05) is 0 Å². The molecule has 2 rings (SSSR count). The van der Waals surface area contributed by atoms with Crippen molar-refractivity contribution < 1.29 is 4.79 Å². The molecule has 0 aromatic rings. The summed E-state index contributed by atoms with van der Waals surface area (Å²) in [6.45, 7) is 7.46. The first-order valence-electron chi connectivity index (χ1n) is 7.29. The van der Waals surface area contributed by atoms with Crippen molar-refractivity contribution in [2.45, 2.75) is 70.6 Å². The maximum Gasteiger partial charge on any atom is 0.237 e. The predicted octanol–water partition coefficient (Wildman–Crippen LogP) is 1.10. The Morgan fingerprint density at radius 2 is 2.11 bits per heavy atom. The first kappa shape index (κ1) is 13.8. The first-order valence-corrected chi connectivity index (χ1v) is 7.29. The van der Waals surface area contributed by atoms with Gasteiger partial charge >= 0.3 is 0 Å². The van der Waals surface area contributed by atoms with Crippen molar-refractivity contribution in [3.63, 3.8) is 0 Å². The molecule has 104 valence electrons. The van der Waals surface area contributed by atoms with E-state index in [0.29, 0.717) is 18.0 Å². The third kappa shape index (κ3) is 3.45. The third-order valence-electron chi connectivity index (χ3n) is 4.05. The van der Waals surface area contributed by atoms with Crippen LogP contribution in [-0.4, -0.2) is 41.5 Å². The Morgan fingerprint density at radius 1 is 1.44 bits per heavy atom. The van der Waals surface area contributed by atoms with Gasteiger partial charge in [-0.3, -0.25) is 9.69 Å². The largest absolute Gasteiger partial charge is 0.351 e. The molecule has 1 aliphatic carbocycles. The second-order valence-electron chi connectivity index (χ2n) is 6.45. The van der Waals surface area contributed by atoms with Gasteiger partial charge in [0.1, 0.15) is 0 Å². The van der Waals surface area contributed by atoms with Gasteiger partial charge in [-0.2, -0.15) is 0 Å². The van der Waals surface area contributed by atoms with Gasteiger partial charge < -0.3 is 11.1 Å². The Hall–Kier alpha value is -0.610. The molecule has 3 atom stereocenters. The van der Waals surface area contributed by atoms with Crippen LogP contribution in [0.3, 0.4) is 0 Å². The molecular weight excluding hydrogens is 226 g/mol. The van der Waals surface area contributed by atoms with E-state index in [0.717, 1.165) is 25.4 Å². The van der Waals surface area contributed by atoms with Crippen LogP contribution in [0.4, 0.5) is 0 Å². The molecule has 1 saturated heterocycles. The first-order chi connectivity index (χ1) is 8.47. The average Bonchev–Trinajstić information content (AvgIpc) is 3.03. The molecule has 0 aromatic carbocycles. The Kier molecular flexibility index (Phi) is 4.28. The van der Waals surface area contributed by atoms with Crippen LogP contribution in [0, 0.1) is 5.92 Å². The number of carbonyl (C=O) groups excluding carboxylic acids is 1. The lowest BCUT2D eigenvalue weighted by atomic mass is 10.0. The van der Waals surface area contributed by atoms with Crippen LogP contribution < -0.4 is 11.1 Å². The minimum atomic E-state index is -0.352. The molecule has 1 aliphatic heterocycles. The molecule has 2 aliphatic rings. The molecule has 3 N–H and O–H groups in total. The van der Waals surface area contributed by atoms with Crippen LogP contribution in [0.15, 0.2) is 0 Å². The fourth-order valence-electron chi connectivity index (χ4n) is 3.00. The highest BCUT2D eigenvalue weighted by molar-refractivity contribution is 5.81. The fourth-order valence-corrected chi connectivity index (χ4v) is 3.00. The van der Waals surface area contributed by atoms with Gasteiger partial charge in [0.2, 0.25) is 5.91 Å². The molecule has 1 heterocycles. The van der Waals surface area contributed by atoms with Crippen LogP contribution in [0.5, 0.6) is 0 Å². The summed E-state index contributed by atoms with van der Waals surface area (Å²) in [6, 6.07) is 1.33. The molecule has 0 bridgehead atoms. The molecule has 1 saturated carbocycles. The molecule has 0 aromatic heterocycles. The second kappa shape index (κ2) is 5.57. The van der Waals surface area contributed by atoms with Crippen molar-refractivity contribution >= 4 is 5.91 Å². The minimum absolute atomic E-state index is 0.0264. The number of likely N-dealkylation sites (tertiary alicyclic amines) is 1. The number of nitrogens with two attached hydrogens (primary N) is 1. The van der Waals surface area contributed by atoms with Gasteiger partial charge in [0.15, 0.2) is 0 Å². The molecule has 4 nitrogen and oxygen atoms in total. The maximum absolute atomic E-state index is 12.0. The Balaban J connectivity index is 1.77. The summed E-state index contributed by atoms with van der Waals surface area (Å²) in [4.78, 5) is 14.5. The van der Waals surface area contributed by atoms with Gasteiger partial charge in [-0.15, -0.1) is 0 Å². The lowest BCUT2D eigenvalue weighted by Gasteiger charge is -2.20. The van der Waals surface area contributed by atoms with E-state index in [1.165, 1.54) is 12.8 Å². The number of rotatable bonds is 5.